The first-order valence-corrected chi connectivity index (χ1v) is 8.90. The van der Waals surface area contributed by atoms with Crippen molar-refractivity contribution in [3.8, 4) is 0 Å². The summed E-state index contributed by atoms with van der Waals surface area (Å²) in [6, 6.07) is 14.0. The van der Waals surface area contributed by atoms with Gasteiger partial charge in [-0.3, -0.25) is 15.5 Å². The molecule has 3 N–H and O–H groups in total. The number of carbonyl (C=O) groups is 1. The minimum Gasteiger partial charge on any atom is -0.509 e. The largest absolute Gasteiger partial charge is 0.509 e. The molecule has 0 heterocycles. The van der Waals surface area contributed by atoms with Crippen LogP contribution in [0.4, 0.5) is 5.69 Å². The topological polar surface area (TPSA) is 88.0 Å². The average Bonchev–Trinajstić information content (AvgIpc) is 2.70. The van der Waals surface area contributed by atoms with E-state index in [9.17, 15) is 9.90 Å². The predicted molar refractivity (Wildman–Crippen MR) is 113 cm³/mol. The number of anilines is 1. The molecule has 0 bridgehead atoms. The zero-order chi connectivity index (χ0) is 21.6. The zero-order valence-corrected chi connectivity index (χ0v) is 16.5. The van der Waals surface area contributed by atoms with Crippen LogP contribution in [0.3, 0.4) is 0 Å². The van der Waals surface area contributed by atoms with Gasteiger partial charge in [0.25, 0.3) is 0 Å². The Morgan fingerprint density at radius 1 is 0.897 bits per heavy atom. The molecule has 0 saturated carbocycles. The van der Waals surface area contributed by atoms with Gasteiger partial charge in [-0.25, -0.2) is 0 Å². The maximum Gasteiger partial charge on any atom is 0.200 e. The van der Waals surface area contributed by atoms with Crippen LogP contribution in [0, 0.1) is 6.92 Å². The summed E-state index contributed by atoms with van der Waals surface area (Å²) in [6.07, 6.45) is -2.35. The Balaban J connectivity index is 2.20. The molecule has 0 aliphatic rings. The van der Waals surface area contributed by atoms with E-state index in [2.05, 4.69) is 19.7 Å². The predicted octanol–water partition coefficient (Wildman–Crippen LogP) is 4.87. The van der Waals surface area contributed by atoms with Crippen LogP contribution in [0.25, 0.3) is 11.5 Å². The second kappa shape index (κ2) is 9.61. The third kappa shape index (κ3) is 5.73. The molecule has 0 fully saturated rings. The van der Waals surface area contributed by atoms with Crippen molar-refractivity contribution in [1.29, 1.82) is 0 Å². The SMILES string of the molecule is C=C(O[C@@H](C(=C)O)[C@@H](OC(=C)c1ccc(C)cc1)C(C)=O)c1ccc(NO)cc1. The van der Waals surface area contributed by atoms with Crippen LogP contribution in [0.1, 0.15) is 23.6 Å². The van der Waals surface area contributed by atoms with E-state index in [1.165, 1.54) is 6.92 Å². The van der Waals surface area contributed by atoms with E-state index < -0.39 is 12.2 Å². The molecule has 0 amide bonds. The van der Waals surface area contributed by atoms with E-state index in [0.717, 1.165) is 5.56 Å². The summed E-state index contributed by atoms with van der Waals surface area (Å²) >= 11 is 0. The molecule has 6 nitrogen and oxygen atoms in total. The number of ether oxygens (including phenoxy) is 2. The van der Waals surface area contributed by atoms with Gasteiger partial charge < -0.3 is 14.6 Å². The fourth-order valence-corrected chi connectivity index (χ4v) is 2.58. The number of benzene rings is 2. The summed E-state index contributed by atoms with van der Waals surface area (Å²) in [6.45, 7) is 14.5. The van der Waals surface area contributed by atoms with Gasteiger partial charge in [-0.2, -0.15) is 0 Å². The highest BCUT2D eigenvalue weighted by Gasteiger charge is 2.33. The Kier molecular flexibility index (Phi) is 7.22. The molecule has 0 unspecified atom stereocenters. The number of Topliss-reactive ketones (excluding diaryl/α,β-unsaturated/α-hetero) is 1. The van der Waals surface area contributed by atoms with Crippen molar-refractivity contribution in [2.45, 2.75) is 26.1 Å². The molecule has 0 aliphatic heterocycles. The van der Waals surface area contributed by atoms with Crippen LogP contribution >= 0.6 is 0 Å². The van der Waals surface area contributed by atoms with Gasteiger partial charge in [0.05, 0.1) is 5.69 Å². The molecule has 0 saturated heterocycles. The van der Waals surface area contributed by atoms with Crippen LogP contribution in [0.15, 0.2) is 74.0 Å². The van der Waals surface area contributed by atoms with E-state index in [4.69, 9.17) is 14.7 Å². The lowest BCUT2D eigenvalue weighted by molar-refractivity contribution is -0.129. The first-order valence-electron chi connectivity index (χ1n) is 8.90. The normalized spacial score (nSPS) is 12.4. The number of nitrogens with one attached hydrogen (secondary N) is 1. The van der Waals surface area contributed by atoms with E-state index in [-0.39, 0.29) is 23.1 Å². The highest BCUT2D eigenvalue weighted by molar-refractivity contribution is 5.83. The number of aryl methyl sites for hydroxylation is 1. The second-order valence-electron chi connectivity index (χ2n) is 6.58. The smallest absolute Gasteiger partial charge is 0.200 e. The summed E-state index contributed by atoms with van der Waals surface area (Å²) in [5.41, 5.74) is 4.89. The number of rotatable bonds is 10. The van der Waals surface area contributed by atoms with Crippen molar-refractivity contribution in [3.05, 3.63) is 90.7 Å². The number of carbonyl (C=O) groups excluding carboxylic acids is 1. The lowest BCUT2D eigenvalue weighted by Crippen LogP contribution is -2.37. The number of aliphatic hydroxyl groups is 1. The summed E-state index contributed by atoms with van der Waals surface area (Å²) < 4.78 is 11.5. The number of ketones is 1. The number of aliphatic hydroxyl groups excluding tert-OH is 1. The second-order valence-corrected chi connectivity index (χ2v) is 6.58. The highest BCUT2D eigenvalue weighted by atomic mass is 16.6. The fraction of sp³-hybridized carbons (Fsp3) is 0.174. The summed E-state index contributed by atoms with van der Waals surface area (Å²) in [4.78, 5) is 12.2. The zero-order valence-electron chi connectivity index (χ0n) is 16.5. The van der Waals surface area contributed by atoms with Gasteiger partial charge in [-0.15, -0.1) is 0 Å². The van der Waals surface area contributed by atoms with Crippen molar-refractivity contribution in [3.63, 3.8) is 0 Å². The van der Waals surface area contributed by atoms with Crippen LogP contribution in [0.2, 0.25) is 0 Å². The molecular weight excluding hydrogens is 370 g/mol. The van der Waals surface area contributed by atoms with Crippen molar-refractivity contribution < 1.29 is 24.6 Å². The van der Waals surface area contributed by atoms with E-state index in [1.54, 1.807) is 24.3 Å². The summed E-state index contributed by atoms with van der Waals surface area (Å²) in [7, 11) is 0. The lowest BCUT2D eigenvalue weighted by Gasteiger charge is -2.27. The standard InChI is InChI=1S/C23H25NO5/c1-14-6-8-19(9-7-14)17(4)28-22(15(2)25)23(16(3)26)29-18(5)20-10-12-21(24-27)13-11-20/h6-13,22-24,26-27H,3-5H2,1-2H3/t22-,23-/m0/s1. The lowest BCUT2D eigenvalue weighted by atomic mass is 10.1. The van der Waals surface area contributed by atoms with Gasteiger partial charge in [0.1, 0.15) is 17.3 Å². The van der Waals surface area contributed by atoms with Crippen molar-refractivity contribution in [1.82, 2.24) is 0 Å². The third-order valence-electron chi connectivity index (χ3n) is 4.25. The molecule has 0 radical (unpaired) electrons. The van der Waals surface area contributed by atoms with Gasteiger partial charge in [-0.05, 0) is 38.1 Å². The van der Waals surface area contributed by atoms with Crippen LogP contribution in [-0.2, 0) is 14.3 Å². The van der Waals surface area contributed by atoms with Gasteiger partial charge >= 0.3 is 0 Å². The third-order valence-corrected chi connectivity index (χ3v) is 4.25. The monoisotopic (exact) mass is 395 g/mol. The average molecular weight is 395 g/mol. The molecule has 152 valence electrons. The molecule has 29 heavy (non-hydrogen) atoms. The molecule has 6 heteroatoms. The molecule has 0 aromatic heterocycles. The fourth-order valence-electron chi connectivity index (χ4n) is 2.58. The van der Waals surface area contributed by atoms with E-state index >= 15 is 0 Å². The Bertz CT molecular complexity index is 900. The highest BCUT2D eigenvalue weighted by Crippen LogP contribution is 2.26. The van der Waals surface area contributed by atoms with Crippen LogP contribution in [-0.4, -0.2) is 28.3 Å². The minimum absolute atomic E-state index is 0.200. The van der Waals surface area contributed by atoms with E-state index in [0.29, 0.717) is 16.8 Å². The quantitative estimate of drug-likeness (QED) is 0.393. The summed E-state index contributed by atoms with van der Waals surface area (Å²) in [5.74, 6) is -0.280. The van der Waals surface area contributed by atoms with Gasteiger partial charge in [-0.1, -0.05) is 49.6 Å². The molecule has 0 aliphatic carbocycles. The molecule has 2 aromatic carbocycles. The number of hydrogen-bond donors (Lipinski definition) is 3. The van der Waals surface area contributed by atoms with Crippen LogP contribution in [0.5, 0.6) is 0 Å². The maximum absolute atomic E-state index is 12.2. The first-order chi connectivity index (χ1) is 13.7. The Morgan fingerprint density at radius 3 is 1.76 bits per heavy atom. The number of hydrogen-bond acceptors (Lipinski definition) is 6. The summed E-state index contributed by atoms with van der Waals surface area (Å²) in [5, 5.41) is 19.0. The van der Waals surface area contributed by atoms with Gasteiger partial charge in [0.2, 0.25) is 6.10 Å². The van der Waals surface area contributed by atoms with Crippen molar-refractivity contribution in [2.75, 3.05) is 5.48 Å². The van der Waals surface area contributed by atoms with Crippen LogP contribution < -0.4 is 5.48 Å². The van der Waals surface area contributed by atoms with Crippen molar-refractivity contribution >= 4 is 23.0 Å². The minimum atomic E-state index is -1.18. The van der Waals surface area contributed by atoms with Gasteiger partial charge in [0.15, 0.2) is 11.9 Å². The first kappa shape index (κ1) is 21.8. The van der Waals surface area contributed by atoms with Crippen molar-refractivity contribution in [2.24, 2.45) is 0 Å². The van der Waals surface area contributed by atoms with Gasteiger partial charge in [0, 0.05) is 11.1 Å². The maximum atomic E-state index is 12.2. The molecular formula is C23H25NO5. The Morgan fingerprint density at radius 2 is 1.34 bits per heavy atom. The molecule has 2 aromatic rings. The molecule has 2 rings (SSSR count). The Labute approximate surface area is 170 Å². The van der Waals surface area contributed by atoms with E-state index in [1.807, 2.05) is 36.7 Å². The molecule has 0 spiro atoms. The Hall–Kier alpha value is -3.51. The molecule has 2 atom stereocenters.